The van der Waals surface area contributed by atoms with Crippen LogP contribution in [0.5, 0.6) is 5.75 Å². The molecule has 0 radical (unpaired) electrons. The van der Waals surface area contributed by atoms with Gasteiger partial charge in [0.2, 0.25) is 0 Å². The van der Waals surface area contributed by atoms with E-state index < -0.39 is 6.10 Å². The molecular formula is C22H26N2O3. The van der Waals surface area contributed by atoms with Crippen LogP contribution in [0.3, 0.4) is 0 Å². The number of amides is 2. The second-order valence-corrected chi connectivity index (χ2v) is 6.50. The van der Waals surface area contributed by atoms with Gasteiger partial charge in [-0.1, -0.05) is 24.3 Å². The number of hydrogen-bond acceptors (Lipinski definition) is 3. The normalized spacial score (nSPS) is 11.4. The predicted molar refractivity (Wildman–Crippen MR) is 108 cm³/mol. The largest absolute Gasteiger partial charge is 0.481 e. The Balaban J connectivity index is 2.13. The van der Waals surface area contributed by atoms with Crippen molar-refractivity contribution in [1.29, 1.82) is 0 Å². The fourth-order valence-electron chi connectivity index (χ4n) is 2.65. The lowest BCUT2D eigenvalue weighted by atomic mass is 10.1. The molecule has 0 fully saturated rings. The van der Waals surface area contributed by atoms with Crippen molar-refractivity contribution in [3.63, 3.8) is 0 Å². The molecule has 2 N–H and O–H groups in total. The number of carbonyl (C=O) groups is 2. The summed E-state index contributed by atoms with van der Waals surface area (Å²) in [5, 5.41) is 5.50. The maximum absolute atomic E-state index is 12.6. The molecule has 5 nitrogen and oxygen atoms in total. The van der Waals surface area contributed by atoms with Crippen LogP contribution < -0.4 is 15.4 Å². The quantitative estimate of drug-likeness (QED) is 0.730. The van der Waals surface area contributed by atoms with Crippen LogP contribution in [0.15, 0.2) is 49.1 Å². The van der Waals surface area contributed by atoms with Crippen LogP contribution in [0.25, 0.3) is 0 Å². The maximum atomic E-state index is 12.6. The van der Waals surface area contributed by atoms with E-state index in [0.717, 1.165) is 16.7 Å². The zero-order valence-electron chi connectivity index (χ0n) is 16.3. The summed E-state index contributed by atoms with van der Waals surface area (Å²) in [6, 6.07) is 10.9. The first-order chi connectivity index (χ1) is 12.8. The molecule has 0 aliphatic carbocycles. The van der Waals surface area contributed by atoms with Crippen LogP contribution in [0.2, 0.25) is 0 Å². The van der Waals surface area contributed by atoms with E-state index in [2.05, 4.69) is 23.3 Å². The number of hydrogen-bond donors (Lipinski definition) is 2. The van der Waals surface area contributed by atoms with Gasteiger partial charge in [0, 0.05) is 6.54 Å². The molecule has 0 saturated heterocycles. The van der Waals surface area contributed by atoms with Crippen molar-refractivity contribution < 1.29 is 14.3 Å². The topological polar surface area (TPSA) is 67.4 Å². The Kier molecular flexibility index (Phi) is 6.77. The van der Waals surface area contributed by atoms with Crippen LogP contribution in [-0.2, 0) is 4.79 Å². The Labute approximate surface area is 160 Å². The molecule has 2 aromatic rings. The van der Waals surface area contributed by atoms with Crippen LogP contribution in [0.1, 0.15) is 34.0 Å². The van der Waals surface area contributed by atoms with Crippen molar-refractivity contribution in [2.45, 2.75) is 33.8 Å². The van der Waals surface area contributed by atoms with Gasteiger partial charge in [0.15, 0.2) is 6.10 Å². The van der Waals surface area contributed by atoms with Gasteiger partial charge >= 0.3 is 0 Å². The molecular weight excluding hydrogens is 340 g/mol. The summed E-state index contributed by atoms with van der Waals surface area (Å²) in [4.78, 5) is 24.8. The number of benzene rings is 2. The lowest BCUT2D eigenvalue weighted by Gasteiger charge is -2.18. The molecule has 0 aliphatic heterocycles. The lowest BCUT2D eigenvalue weighted by molar-refractivity contribution is -0.122. The number of rotatable bonds is 7. The zero-order valence-corrected chi connectivity index (χ0v) is 16.3. The van der Waals surface area contributed by atoms with Crippen molar-refractivity contribution in [2.24, 2.45) is 0 Å². The van der Waals surface area contributed by atoms with Crippen molar-refractivity contribution >= 4 is 17.5 Å². The summed E-state index contributed by atoms with van der Waals surface area (Å²) in [5.41, 5.74) is 4.02. The van der Waals surface area contributed by atoms with E-state index in [-0.39, 0.29) is 11.8 Å². The molecule has 0 spiro atoms. The van der Waals surface area contributed by atoms with Gasteiger partial charge in [0.25, 0.3) is 11.8 Å². The minimum Gasteiger partial charge on any atom is -0.481 e. The lowest BCUT2D eigenvalue weighted by Crippen LogP contribution is -2.32. The van der Waals surface area contributed by atoms with E-state index in [1.54, 1.807) is 37.3 Å². The summed E-state index contributed by atoms with van der Waals surface area (Å²) >= 11 is 0. The summed E-state index contributed by atoms with van der Waals surface area (Å²) in [6.45, 7) is 11.6. The second kappa shape index (κ2) is 9.03. The molecule has 0 heterocycles. The standard InChI is InChI=1S/C22H26N2O3/c1-6-11-23-22(26)18-9-7-8-10-19(18)24-21(25)17(5)27-20-13-14(2)12-15(3)16(20)4/h6-10,12-13,17H,1,11H2,2-5H3,(H,23,26)(H,24,25)/t17-/m0/s1. The molecule has 2 rings (SSSR count). The highest BCUT2D eigenvalue weighted by atomic mass is 16.5. The molecule has 5 heteroatoms. The first-order valence-electron chi connectivity index (χ1n) is 8.87. The number of ether oxygens (including phenoxy) is 1. The molecule has 2 amide bonds. The van der Waals surface area contributed by atoms with Gasteiger partial charge in [0.1, 0.15) is 5.75 Å². The van der Waals surface area contributed by atoms with E-state index in [1.807, 2.05) is 26.8 Å². The first-order valence-corrected chi connectivity index (χ1v) is 8.87. The van der Waals surface area contributed by atoms with Gasteiger partial charge in [-0.2, -0.15) is 0 Å². The Morgan fingerprint density at radius 2 is 1.89 bits per heavy atom. The third kappa shape index (κ3) is 5.20. The number of carbonyl (C=O) groups excluding carboxylic acids is 2. The summed E-state index contributed by atoms with van der Waals surface area (Å²) in [7, 11) is 0. The van der Waals surface area contributed by atoms with Crippen LogP contribution >= 0.6 is 0 Å². The van der Waals surface area contributed by atoms with Crippen molar-refractivity contribution in [2.75, 3.05) is 11.9 Å². The highest BCUT2D eigenvalue weighted by Gasteiger charge is 2.19. The van der Waals surface area contributed by atoms with Gasteiger partial charge < -0.3 is 15.4 Å². The number of aryl methyl sites for hydroxylation is 2. The fraction of sp³-hybridized carbons (Fsp3) is 0.273. The highest BCUT2D eigenvalue weighted by molar-refractivity contribution is 6.04. The first kappa shape index (κ1) is 20.2. The second-order valence-electron chi connectivity index (χ2n) is 6.50. The minimum absolute atomic E-state index is 0.274. The Bertz CT molecular complexity index is 859. The predicted octanol–water partition coefficient (Wildman–Crippen LogP) is 3.93. The molecule has 142 valence electrons. The molecule has 2 aromatic carbocycles. The molecule has 0 unspecified atom stereocenters. The maximum Gasteiger partial charge on any atom is 0.265 e. The average Bonchev–Trinajstić information content (AvgIpc) is 2.64. The van der Waals surface area contributed by atoms with Gasteiger partial charge in [-0.05, 0) is 62.6 Å². The Morgan fingerprint density at radius 1 is 1.19 bits per heavy atom. The zero-order chi connectivity index (χ0) is 20.0. The number of anilines is 1. The Morgan fingerprint density at radius 3 is 2.59 bits per heavy atom. The molecule has 0 aliphatic rings. The van der Waals surface area contributed by atoms with Crippen molar-refractivity contribution in [3.05, 3.63) is 71.3 Å². The highest BCUT2D eigenvalue weighted by Crippen LogP contribution is 2.25. The molecule has 1 atom stereocenters. The smallest absolute Gasteiger partial charge is 0.265 e. The molecule has 0 bridgehead atoms. The number of nitrogens with one attached hydrogen (secondary N) is 2. The van der Waals surface area contributed by atoms with E-state index in [9.17, 15) is 9.59 Å². The Hall–Kier alpha value is -3.08. The van der Waals surface area contributed by atoms with Gasteiger partial charge in [-0.15, -0.1) is 6.58 Å². The van der Waals surface area contributed by atoms with Crippen molar-refractivity contribution in [1.82, 2.24) is 5.32 Å². The van der Waals surface area contributed by atoms with E-state index in [4.69, 9.17) is 4.74 Å². The summed E-state index contributed by atoms with van der Waals surface area (Å²) in [5.74, 6) is 0.0919. The van der Waals surface area contributed by atoms with Crippen molar-refractivity contribution in [3.8, 4) is 5.75 Å². The van der Waals surface area contributed by atoms with Crippen LogP contribution in [0, 0.1) is 20.8 Å². The molecule has 0 aromatic heterocycles. The van der Waals surface area contributed by atoms with Crippen LogP contribution in [0.4, 0.5) is 5.69 Å². The number of para-hydroxylation sites is 1. The summed E-state index contributed by atoms with van der Waals surface area (Å²) in [6.07, 6.45) is 0.885. The average molecular weight is 366 g/mol. The third-order valence-corrected chi connectivity index (χ3v) is 4.27. The van der Waals surface area contributed by atoms with Gasteiger partial charge in [-0.3, -0.25) is 9.59 Å². The van der Waals surface area contributed by atoms with Gasteiger partial charge in [0.05, 0.1) is 11.3 Å². The summed E-state index contributed by atoms with van der Waals surface area (Å²) < 4.78 is 5.88. The van der Waals surface area contributed by atoms with E-state index in [0.29, 0.717) is 23.5 Å². The van der Waals surface area contributed by atoms with Gasteiger partial charge in [-0.25, -0.2) is 0 Å². The molecule has 27 heavy (non-hydrogen) atoms. The minimum atomic E-state index is -0.714. The molecule has 0 saturated carbocycles. The van der Waals surface area contributed by atoms with E-state index >= 15 is 0 Å². The third-order valence-electron chi connectivity index (χ3n) is 4.27. The fourth-order valence-corrected chi connectivity index (χ4v) is 2.65. The monoisotopic (exact) mass is 366 g/mol. The van der Waals surface area contributed by atoms with E-state index in [1.165, 1.54) is 0 Å². The van der Waals surface area contributed by atoms with Crippen LogP contribution in [-0.4, -0.2) is 24.5 Å². The SMILES string of the molecule is C=CCNC(=O)c1ccccc1NC(=O)[C@H](C)Oc1cc(C)cc(C)c1C.